The zero-order valence-electron chi connectivity index (χ0n) is 11.6. The third kappa shape index (κ3) is 2.94. The molecule has 2 saturated carbocycles. The number of nitrogens with one attached hydrogen (secondary N) is 1. The van der Waals surface area contributed by atoms with E-state index in [1.807, 2.05) is 0 Å². The van der Waals surface area contributed by atoms with Gasteiger partial charge < -0.3 is 0 Å². The third-order valence-electron chi connectivity index (χ3n) is 4.78. The topological polar surface area (TPSA) is 89.3 Å². The summed E-state index contributed by atoms with van der Waals surface area (Å²) in [7, 11) is -3.58. The van der Waals surface area contributed by atoms with Crippen LogP contribution in [0.25, 0.3) is 0 Å². The van der Waals surface area contributed by atoms with Crippen LogP contribution in [0.4, 0.5) is 5.69 Å². The molecule has 0 aromatic heterocycles. The van der Waals surface area contributed by atoms with Gasteiger partial charge in [-0.1, -0.05) is 6.42 Å². The van der Waals surface area contributed by atoms with Crippen LogP contribution in [0.3, 0.4) is 0 Å². The van der Waals surface area contributed by atoms with Crippen LogP contribution in [0.2, 0.25) is 0 Å². The number of nitro benzene ring substituents is 1. The van der Waals surface area contributed by atoms with Gasteiger partial charge in [-0.3, -0.25) is 10.1 Å². The Labute approximate surface area is 123 Å². The van der Waals surface area contributed by atoms with Crippen LogP contribution in [-0.4, -0.2) is 19.9 Å². The first-order valence-corrected chi connectivity index (χ1v) is 8.68. The zero-order valence-corrected chi connectivity index (χ0v) is 12.4. The maximum atomic E-state index is 12.2. The van der Waals surface area contributed by atoms with Crippen molar-refractivity contribution in [2.24, 2.45) is 17.8 Å². The van der Waals surface area contributed by atoms with Crippen LogP contribution in [0.1, 0.15) is 25.7 Å². The molecule has 3 atom stereocenters. The summed E-state index contributed by atoms with van der Waals surface area (Å²) in [5, 5.41) is 10.6. The molecule has 114 valence electrons. The Hall–Kier alpha value is -1.47. The number of benzene rings is 1. The van der Waals surface area contributed by atoms with Gasteiger partial charge in [0.1, 0.15) is 0 Å². The smallest absolute Gasteiger partial charge is 0.258 e. The number of nitro groups is 1. The summed E-state index contributed by atoms with van der Waals surface area (Å²) >= 11 is 0. The number of sulfonamides is 1. The molecule has 0 unspecified atom stereocenters. The quantitative estimate of drug-likeness (QED) is 0.667. The Morgan fingerprint density at radius 3 is 2.43 bits per heavy atom. The van der Waals surface area contributed by atoms with Crippen molar-refractivity contribution in [2.75, 3.05) is 6.54 Å². The van der Waals surface area contributed by atoms with Crippen molar-refractivity contribution in [3.63, 3.8) is 0 Å². The number of rotatable bonds is 5. The average molecular weight is 310 g/mol. The average Bonchev–Trinajstić information content (AvgIpc) is 3.08. The van der Waals surface area contributed by atoms with Gasteiger partial charge in [-0.2, -0.15) is 0 Å². The standard InChI is InChI=1S/C14H18N2O4S/c17-16(18)13-3-5-14(6-4-13)21(19,20)15-9-12-8-10-1-2-11(12)7-10/h3-6,10-12,15H,1-2,7-9H2/t10-,11+,12-/m0/s1. The second-order valence-corrected chi connectivity index (χ2v) is 7.80. The summed E-state index contributed by atoms with van der Waals surface area (Å²) in [6, 6.07) is 4.99. The van der Waals surface area contributed by atoms with E-state index in [4.69, 9.17) is 0 Å². The fourth-order valence-electron chi connectivity index (χ4n) is 3.67. The molecule has 0 spiro atoms. The number of nitrogens with zero attached hydrogens (tertiary/aromatic N) is 1. The largest absolute Gasteiger partial charge is 0.269 e. The van der Waals surface area contributed by atoms with Gasteiger partial charge in [-0.25, -0.2) is 13.1 Å². The number of hydrogen-bond donors (Lipinski definition) is 1. The molecule has 21 heavy (non-hydrogen) atoms. The second kappa shape index (κ2) is 5.38. The van der Waals surface area contributed by atoms with Crippen LogP contribution in [-0.2, 0) is 10.0 Å². The molecule has 2 fully saturated rings. The van der Waals surface area contributed by atoms with E-state index in [0.29, 0.717) is 18.4 Å². The van der Waals surface area contributed by atoms with Crippen molar-refractivity contribution in [1.29, 1.82) is 0 Å². The van der Waals surface area contributed by atoms with Gasteiger partial charge >= 0.3 is 0 Å². The molecular weight excluding hydrogens is 292 g/mol. The first kappa shape index (κ1) is 14.5. The summed E-state index contributed by atoms with van der Waals surface area (Å²) in [6.45, 7) is 0.473. The van der Waals surface area contributed by atoms with Crippen LogP contribution in [0.5, 0.6) is 0 Å². The minimum atomic E-state index is -3.58. The first-order chi connectivity index (χ1) is 9.95. The van der Waals surface area contributed by atoms with Crippen molar-refractivity contribution in [2.45, 2.75) is 30.6 Å². The maximum absolute atomic E-state index is 12.2. The first-order valence-electron chi connectivity index (χ1n) is 7.20. The maximum Gasteiger partial charge on any atom is 0.269 e. The molecule has 2 aliphatic carbocycles. The van der Waals surface area contributed by atoms with Crippen molar-refractivity contribution < 1.29 is 13.3 Å². The monoisotopic (exact) mass is 310 g/mol. The lowest BCUT2D eigenvalue weighted by atomic mass is 9.89. The zero-order chi connectivity index (χ0) is 15.0. The fourth-order valence-corrected chi connectivity index (χ4v) is 4.77. The van der Waals surface area contributed by atoms with E-state index < -0.39 is 14.9 Å². The van der Waals surface area contributed by atoms with Crippen molar-refractivity contribution >= 4 is 15.7 Å². The van der Waals surface area contributed by atoms with Crippen LogP contribution in [0, 0.1) is 27.9 Å². The molecule has 1 aromatic rings. The lowest BCUT2D eigenvalue weighted by molar-refractivity contribution is -0.384. The predicted octanol–water partition coefficient (Wildman–Crippen LogP) is 2.31. The molecule has 1 aromatic carbocycles. The Morgan fingerprint density at radius 2 is 1.90 bits per heavy atom. The molecule has 0 aliphatic heterocycles. The SMILES string of the molecule is O=[N+]([O-])c1ccc(S(=O)(=O)NC[C@@H]2C[C@H]3CC[C@@H]2C3)cc1. The molecule has 7 heteroatoms. The molecule has 6 nitrogen and oxygen atoms in total. The van der Waals surface area contributed by atoms with E-state index in [1.54, 1.807) is 0 Å². The summed E-state index contributed by atoms with van der Waals surface area (Å²) in [5.41, 5.74) is -0.109. The van der Waals surface area contributed by atoms with E-state index in [0.717, 1.165) is 12.3 Å². The highest BCUT2D eigenvalue weighted by atomic mass is 32.2. The number of hydrogen-bond acceptors (Lipinski definition) is 4. The highest BCUT2D eigenvalue weighted by Crippen LogP contribution is 2.48. The van der Waals surface area contributed by atoms with Gasteiger partial charge in [0, 0.05) is 18.7 Å². The van der Waals surface area contributed by atoms with Gasteiger partial charge in [-0.05, 0) is 49.1 Å². The molecule has 2 bridgehead atoms. The molecule has 0 saturated heterocycles. The van der Waals surface area contributed by atoms with E-state index in [9.17, 15) is 18.5 Å². The fraction of sp³-hybridized carbons (Fsp3) is 0.571. The Kier molecular flexibility index (Phi) is 3.71. The minimum Gasteiger partial charge on any atom is -0.258 e. The van der Waals surface area contributed by atoms with Gasteiger partial charge in [0.05, 0.1) is 9.82 Å². The second-order valence-electron chi connectivity index (χ2n) is 6.04. The van der Waals surface area contributed by atoms with E-state index in [1.165, 1.54) is 43.5 Å². The summed E-state index contributed by atoms with van der Waals surface area (Å²) in [6.07, 6.45) is 4.86. The molecule has 3 rings (SSSR count). The summed E-state index contributed by atoms with van der Waals surface area (Å²) in [4.78, 5) is 10.1. The molecule has 0 heterocycles. The van der Waals surface area contributed by atoms with Crippen LogP contribution in [0.15, 0.2) is 29.2 Å². The number of fused-ring (bicyclic) bond motifs is 2. The van der Waals surface area contributed by atoms with Gasteiger partial charge in [0.25, 0.3) is 5.69 Å². The number of non-ortho nitro benzene ring substituents is 1. The Morgan fingerprint density at radius 1 is 1.19 bits per heavy atom. The Balaban J connectivity index is 1.65. The van der Waals surface area contributed by atoms with E-state index >= 15 is 0 Å². The summed E-state index contributed by atoms with van der Waals surface area (Å²) in [5.74, 6) is 1.88. The minimum absolute atomic E-state index is 0.0799. The molecule has 0 amide bonds. The highest BCUT2D eigenvalue weighted by molar-refractivity contribution is 7.89. The third-order valence-corrected chi connectivity index (χ3v) is 6.22. The van der Waals surface area contributed by atoms with Gasteiger partial charge in [0.2, 0.25) is 10.0 Å². The lowest BCUT2D eigenvalue weighted by Gasteiger charge is -2.21. The van der Waals surface area contributed by atoms with Crippen LogP contribution >= 0.6 is 0 Å². The lowest BCUT2D eigenvalue weighted by Crippen LogP contribution is -2.31. The van der Waals surface area contributed by atoms with E-state index in [2.05, 4.69) is 4.72 Å². The molecule has 0 radical (unpaired) electrons. The van der Waals surface area contributed by atoms with Crippen molar-refractivity contribution in [3.05, 3.63) is 34.4 Å². The highest BCUT2D eigenvalue weighted by Gasteiger charge is 2.39. The molecular formula is C14H18N2O4S. The van der Waals surface area contributed by atoms with Gasteiger partial charge in [0.15, 0.2) is 0 Å². The van der Waals surface area contributed by atoms with E-state index in [-0.39, 0.29) is 10.6 Å². The predicted molar refractivity (Wildman–Crippen MR) is 77.2 cm³/mol. The normalized spacial score (nSPS) is 27.9. The van der Waals surface area contributed by atoms with Gasteiger partial charge in [-0.15, -0.1) is 0 Å². The Bertz CT molecular complexity index is 641. The summed E-state index contributed by atoms with van der Waals surface area (Å²) < 4.78 is 27.0. The molecule has 1 N–H and O–H groups in total. The van der Waals surface area contributed by atoms with Crippen molar-refractivity contribution in [1.82, 2.24) is 4.72 Å². The molecule has 2 aliphatic rings. The van der Waals surface area contributed by atoms with Crippen LogP contribution < -0.4 is 4.72 Å². The van der Waals surface area contributed by atoms with Crippen molar-refractivity contribution in [3.8, 4) is 0 Å².